The molecule has 3 rings (SSSR count). The molecule has 1 aliphatic heterocycles. The number of nitrogens with one attached hydrogen (secondary N) is 1. The topological polar surface area (TPSA) is 30.5 Å². The molecule has 1 aromatic rings. The number of ether oxygens (including phenoxy) is 2. The zero-order valence-electron chi connectivity index (χ0n) is 12.0. The Kier molecular flexibility index (Phi) is 4.51. The molecule has 0 unspecified atom stereocenters. The number of rotatable bonds is 4. The van der Waals surface area contributed by atoms with Crippen LogP contribution in [0.2, 0.25) is 0 Å². The zero-order chi connectivity index (χ0) is 13.9. The van der Waals surface area contributed by atoms with E-state index in [2.05, 4.69) is 40.3 Å². The molecular formula is C16H22BrNO2. The number of hydrogen-bond acceptors (Lipinski definition) is 3. The van der Waals surface area contributed by atoms with Gasteiger partial charge >= 0.3 is 0 Å². The third-order valence-electron chi connectivity index (χ3n) is 4.47. The molecule has 1 N–H and O–H groups in total. The molecule has 1 heterocycles. The van der Waals surface area contributed by atoms with Crippen LogP contribution in [0, 0.1) is 5.92 Å². The Morgan fingerprint density at radius 1 is 1.25 bits per heavy atom. The van der Waals surface area contributed by atoms with Crippen molar-refractivity contribution in [3.05, 3.63) is 22.2 Å². The second-order valence-corrected chi connectivity index (χ2v) is 6.73. The zero-order valence-corrected chi connectivity index (χ0v) is 13.5. The molecule has 3 nitrogen and oxygen atoms in total. The maximum atomic E-state index is 5.46. The fourth-order valence-electron chi connectivity index (χ4n) is 3.20. The van der Waals surface area contributed by atoms with Gasteiger partial charge in [-0.15, -0.1) is 0 Å². The highest BCUT2D eigenvalue weighted by Crippen LogP contribution is 2.40. The third-order valence-corrected chi connectivity index (χ3v) is 5.06. The summed E-state index contributed by atoms with van der Waals surface area (Å²) < 4.78 is 11.9. The van der Waals surface area contributed by atoms with E-state index in [1.54, 1.807) is 0 Å². The maximum Gasteiger partial charge on any atom is 0.231 e. The van der Waals surface area contributed by atoms with Crippen molar-refractivity contribution in [3.63, 3.8) is 0 Å². The van der Waals surface area contributed by atoms with Crippen LogP contribution in [0.5, 0.6) is 11.5 Å². The molecule has 1 aliphatic carbocycles. The number of hydrogen-bond donors (Lipinski definition) is 1. The van der Waals surface area contributed by atoms with Crippen LogP contribution in [0.3, 0.4) is 0 Å². The quantitative estimate of drug-likeness (QED) is 0.889. The van der Waals surface area contributed by atoms with Crippen LogP contribution in [0.1, 0.15) is 44.6 Å². The Balaban J connectivity index is 1.59. The minimum atomic E-state index is 0.323. The fourth-order valence-corrected chi connectivity index (χ4v) is 3.81. The molecule has 110 valence electrons. The summed E-state index contributed by atoms with van der Waals surface area (Å²) in [7, 11) is 0. The van der Waals surface area contributed by atoms with Gasteiger partial charge in [0.15, 0.2) is 11.5 Å². The van der Waals surface area contributed by atoms with Crippen LogP contribution in [0.25, 0.3) is 0 Å². The second-order valence-electron chi connectivity index (χ2n) is 5.88. The molecule has 1 atom stereocenters. The lowest BCUT2D eigenvalue weighted by molar-refractivity contribution is 0.173. The largest absolute Gasteiger partial charge is 0.454 e. The number of benzene rings is 1. The average molecular weight is 340 g/mol. The molecule has 0 bridgehead atoms. The van der Waals surface area contributed by atoms with E-state index in [1.807, 2.05) is 0 Å². The van der Waals surface area contributed by atoms with Gasteiger partial charge in [0, 0.05) is 12.6 Å². The van der Waals surface area contributed by atoms with Crippen LogP contribution < -0.4 is 14.8 Å². The number of fused-ring (bicyclic) bond motifs is 1. The highest BCUT2D eigenvalue weighted by molar-refractivity contribution is 9.10. The van der Waals surface area contributed by atoms with Crippen molar-refractivity contribution >= 4 is 15.9 Å². The van der Waals surface area contributed by atoms with Gasteiger partial charge in [0.1, 0.15) is 0 Å². The van der Waals surface area contributed by atoms with Crippen molar-refractivity contribution in [2.75, 3.05) is 6.79 Å². The lowest BCUT2D eigenvalue weighted by atomic mass is 9.84. The fraction of sp³-hybridized carbons (Fsp3) is 0.625. The van der Waals surface area contributed by atoms with Gasteiger partial charge in [-0.1, -0.05) is 19.3 Å². The second kappa shape index (κ2) is 6.35. The van der Waals surface area contributed by atoms with Crippen molar-refractivity contribution in [3.8, 4) is 11.5 Å². The standard InChI is InChI=1S/C16H22BrNO2/c1-11(13-5-3-2-4-6-13)18-9-12-7-14(17)16-15(8-12)19-10-20-16/h7-8,11,13,18H,2-6,9-10H2,1H3/t11-/m1/s1. The van der Waals surface area contributed by atoms with Crippen LogP contribution in [-0.4, -0.2) is 12.8 Å². The highest BCUT2D eigenvalue weighted by Gasteiger charge is 2.21. The van der Waals surface area contributed by atoms with Gasteiger partial charge in [-0.2, -0.15) is 0 Å². The monoisotopic (exact) mass is 339 g/mol. The molecule has 20 heavy (non-hydrogen) atoms. The summed E-state index contributed by atoms with van der Waals surface area (Å²) in [6.07, 6.45) is 6.95. The van der Waals surface area contributed by atoms with Crippen molar-refractivity contribution in [1.29, 1.82) is 0 Å². The smallest absolute Gasteiger partial charge is 0.231 e. The summed E-state index contributed by atoms with van der Waals surface area (Å²) in [4.78, 5) is 0. The first-order valence-electron chi connectivity index (χ1n) is 7.55. The Morgan fingerprint density at radius 2 is 2.05 bits per heavy atom. The normalized spacial score (nSPS) is 20.1. The van der Waals surface area contributed by atoms with E-state index in [0.29, 0.717) is 12.8 Å². The summed E-state index contributed by atoms with van der Waals surface area (Å²) >= 11 is 3.55. The molecule has 1 saturated carbocycles. The maximum absolute atomic E-state index is 5.46. The van der Waals surface area contributed by atoms with E-state index >= 15 is 0 Å². The Hall–Kier alpha value is -0.740. The van der Waals surface area contributed by atoms with Crippen LogP contribution in [0.4, 0.5) is 0 Å². The van der Waals surface area contributed by atoms with Crippen molar-refractivity contribution in [2.24, 2.45) is 5.92 Å². The van der Waals surface area contributed by atoms with E-state index in [9.17, 15) is 0 Å². The molecule has 0 aromatic heterocycles. The lowest BCUT2D eigenvalue weighted by Gasteiger charge is -2.28. The first-order valence-corrected chi connectivity index (χ1v) is 8.35. The summed E-state index contributed by atoms with van der Waals surface area (Å²) in [5.74, 6) is 2.51. The minimum absolute atomic E-state index is 0.323. The number of halogens is 1. The van der Waals surface area contributed by atoms with Gasteiger partial charge < -0.3 is 14.8 Å². The van der Waals surface area contributed by atoms with Gasteiger partial charge in [0.25, 0.3) is 0 Å². The predicted molar refractivity (Wildman–Crippen MR) is 83.1 cm³/mol. The van der Waals surface area contributed by atoms with Crippen LogP contribution >= 0.6 is 15.9 Å². The molecule has 0 amide bonds. The molecule has 1 aromatic carbocycles. The Labute approximate surface area is 129 Å². The van der Waals surface area contributed by atoms with E-state index in [1.165, 1.54) is 37.7 Å². The summed E-state index contributed by atoms with van der Waals surface area (Å²) in [6, 6.07) is 4.78. The van der Waals surface area contributed by atoms with Crippen molar-refractivity contribution in [2.45, 2.75) is 51.6 Å². The van der Waals surface area contributed by atoms with E-state index in [4.69, 9.17) is 9.47 Å². The molecule has 2 aliphatic rings. The molecule has 0 saturated heterocycles. The molecule has 0 spiro atoms. The van der Waals surface area contributed by atoms with Gasteiger partial charge in [0.05, 0.1) is 4.47 Å². The van der Waals surface area contributed by atoms with Gasteiger partial charge in [-0.3, -0.25) is 0 Å². The van der Waals surface area contributed by atoms with Gasteiger partial charge in [-0.05, 0) is 59.3 Å². The SMILES string of the molecule is C[C@@H](NCc1cc(Br)c2c(c1)OCO2)C1CCCCC1. The molecule has 1 fully saturated rings. The predicted octanol–water partition coefficient (Wildman–Crippen LogP) is 4.24. The van der Waals surface area contributed by atoms with Crippen LogP contribution in [-0.2, 0) is 6.54 Å². The van der Waals surface area contributed by atoms with Crippen molar-refractivity contribution < 1.29 is 9.47 Å². The molecule has 0 radical (unpaired) electrons. The summed E-state index contributed by atoms with van der Waals surface area (Å²) in [5.41, 5.74) is 1.24. The van der Waals surface area contributed by atoms with Crippen LogP contribution in [0.15, 0.2) is 16.6 Å². The van der Waals surface area contributed by atoms with E-state index in [0.717, 1.165) is 28.4 Å². The third kappa shape index (κ3) is 3.12. The first-order chi connectivity index (χ1) is 9.74. The molecular weight excluding hydrogens is 318 g/mol. The van der Waals surface area contributed by atoms with E-state index in [-0.39, 0.29) is 0 Å². The average Bonchev–Trinajstić information content (AvgIpc) is 2.94. The van der Waals surface area contributed by atoms with E-state index < -0.39 is 0 Å². The Morgan fingerprint density at radius 3 is 2.85 bits per heavy atom. The summed E-state index contributed by atoms with van der Waals surface area (Å²) in [6.45, 7) is 3.52. The van der Waals surface area contributed by atoms with Gasteiger partial charge in [0.2, 0.25) is 6.79 Å². The molecule has 4 heteroatoms. The Bertz CT molecular complexity index is 472. The summed E-state index contributed by atoms with van der Waals surface area (Å²) in [5, 5.41) is 3.67. The lowest BCUT2D eigenvalue weighted by Crippen LogP contribution is -2.34. The minimum Gasteiger partial charge on any atom is -0.454 e. The first kappa shape index (κ1) is 14.2. The van der Waals surface area contributed by atoms with Gasteiger partial charge in [-0.25, -0.2) is 0 Å². The highest BCUT2D eigenvalue weighted by atomic mass is 79.9. The van der Waals surface area contributed by atoms with Crippen molar-refractivity contribution in [1.82, 2.24) is 5.32 Å².